The topological polar surface area (TPSA) is 488 Å². The summed E-state index contributed by atoms with van der Waals surface area (Å²) in [4.78, 5) is 248. The van der Waals surface area contributed by atoms with E-state index in [9.17, 15) is 97.1 Å². The Morgan fingerprint density at radius 3 is 0.767 bits per heavy atom. The van der Waals surface area contributed by atoms with Gasteiger partial charge in [-0.2, -0.15) is 0 Å². The number of nitrogens with zero attached hydrogens (tertiary/aromatic N) is 8. The van der Waals surface area contributed by atoms with Gasteiger partial charge >= 0.3 is 48.3 Å². The summed E-state index contributed by atoms with van der Waals surface area (Å²) >= 11 is 0. The van der Waals surface area contributed by atoms with Crippen molar-refractivity contribution in [2.45, 2.75) is 103 Å². The van der Waals surface area contributed by atoms with Crippen LogP contribution in [-0.2, 0) is 95.4 Å². The monoisotopic (exact) mass is 1620 g/mol. The molecular weight excluding hydrogens is 1530 g/mol. The number of aromatic hydroxyl groups is 2. The number of hydrogen-bond donors (Lipinski definition) is 4. The lowest BCUT2D eigenvalue weighted by Crippen LogP contribution is -2.45. The number of aliphatic hydroxyl groups is 2. The highest BCUT2D eigenvalue weighted by molar-refractivity contribution is 6.34. The molecule has 5 aliphatic carbocycles. The molecule has 4 aliphatic heterocycles. The van der Waals surface area contributed by atoms with Crippen molar-refractivity contribution in [2.24, 2.45) is 47.3 Å². The number of rotatable bonds is 32. The molecular formula is C78H88N8O30. The summed E-state index contributed by atoms with van der Waals surface area (Å²) in [6, 6.07) is 3.73. The number of amides is 12. The van der Waals surface area contributed by atoms with E-state index in [1.54, 1.807) is 0 Å². The number of carbonyl (C=O) groups excluding carboxylic acids is 18. The average Bonchev–Trinajstić information content (AvgIpc) is 1.43. The van der Waals surface area contributed by atoms with Gasteiger partial charge < -0.3 is 68.1 Å². The highest BCUT2D eigenvalue weighted by Crippen LogP contribution is 2.45. The largest absolute Gasteiger partial charge is 0.507 e. The van der Waals surface area contributed by atoms with Crippen LogP contribution in [0.4, 0.5) is 30.6 Å². The van der Waals surface area contributed by atoms with Crippen molar-refractivity contribution in [1.29, 1.82) is 0 Å². The Hall–Kier alpha value is -12.2. The van der Waals surface area contributed by atoms with Crippen LogP contribution in [0, 0.1) is 47.3 Å². The Labute approximate surface area is 662 Å². The van der Waals surface area contributed by atoms with Crippen molar-refractivity contribution in [2.75, 3.05) is 116 Å². The second-order valence-electron chi connectivity index (χ2n) is 29.4. The summed E-state index contributed by atoms with van der Waals surface area (Å²) in [5.41, 5.74) is -4.57. The van der Waals surface area contributed by atoms with E-state index in [4.69, 9.17) is 37.9 Å². The minimum atomic E-state index is -1.48. The number of aliphatic hydroxyl groups excluding tert-OH is 2. The SMILES string of the molecule is O=C1c2c(O)ccc(O)c2C(=O)c2c(N(CCN(CCO)C(=O)OCOC(=O)C3CCC(CN4C(=O)C=CC4=O)CC3)C(=O)OCOC(=O)C3CCC(CN4C(=O)C=CC4=O)CC3)ccc(N(CCN(CCO)C(=O)OCOC(=O)C3CCC(CN4C(=O)C=CC4=O)CC3)C(=O)OCOC(=O)C3CCC(CN4C(=O)C=CC4=O)CC3)c21. The van der Waals surface area contributed by atoms with Gasteiger partial charge in [-0.05, 0) is 151 Å². The highest BCUT2D eigenvalue weighted by atomic mass is 16.7. The molecule has 2 aromatic rings. The number of hydrogen-bond acceptors (Lipinski definition) is 30. The summed E-state index contributed by atoms with van der Waals surface area (Å²) in [6.45, 7) is -9.23. The summed E-state index contributed by atoms with van der Waals surface area (Å²) in [7, 11) is 0. The molecule has 0 radical (unpaired) electrons. The van der Waals surface area contributed by atoms with Gasteiger partial charge in [-0.25, -0.2) is 19.2 Å². The Kier molecular flexibility index (Phi) is 28.3. The molecule has 0 spiro atoms. The zero-order valence-corrected chi connectivity index (χ0v) is 63.2. The van der Waals surface area contributed by atoms with Crippen molar-refractivity contribution in [3.8, 4) is 11.5 Å². The lowest BCUT2D eigenvalue weighted by atomic mass is 9.81. The number of fused-ring (bicyclic) bond motifs is 2. The molecule has 0 saturated heterocycles. The quantitative estimate of drug-likeness (QED) is 0.0228. The number of anilines is 2. The molecule has 0 aromatic heterocycles. The maximum absolute atomic E-state index is 15.5. The molecule has 38 nitrogen and oxygen atoms in total. The minimum Gasteiger partial charge on any atom is -0.507 e. The van der Waals surface area contributed by atoms with Crippen molar-refractivity contribution < 1.29 is 145 Å². The Morgan fingerprint density at radius 2 is 0.534 bits per heavy atom. The van der Waals surface area contributed by atoms with Crippen LogP contribution in [0.25, 0.3) is 0 Å². The van der Waals surface area contributed by atoms with Crippen molar-refractivity contribution in [3.63, 3.8) is 0 Å². The second-order valence-corrected chi connectivity index (χ2v) is 29.4. The van der Waals surface area contributed by atoms with Gasteiger partial charge in [0.15, 0.2) is 0 Å². The maximum atomic E-state index is 15.5. The van der Waals surface area contributed by atoms with Crippen LogP contribution < -0.4 is 9.80 Å². The first kappa shape index (κ1) is 84.7. The van der Waals surface area contributed by atoms with Crippen LogP contribution in [0.5, 0.6) is 11.5 Å². The van der Waals surface area contributed by atoms with Crippen LogP contribution in [0.2, 0.25) is 0 Å². The van der Waals surface area contributed by atoms with E-state index in [2.05, 4.69) is 0 Å². The molecule has 11 rings (SSSR count). The van der Waals surface area contributed by atoms with Gasteiger partial charge in [0, 0.05) is 114 Å². The predicted octanol–water partition coefficient (Wildman–Crippen LogP) is 3.55. The molecule has 4 saturated carbocycles. The molecule has 9 aliphatic rings. The van der Waals surface area contributed by atoms with E-state index >= 15 is 9.59 Å². The van der Waals surface area contributed by atoms with E-state index in [1.807, 2.05) is 0 Å². The van der Waals surface area contributed by atoms with Gasteiger partial charge in [0.2, 0.25) is 38.7 Å². The zero-order chi connectivity index (χ0) is 83.0. The second kappa shape index (κ2) is 38.7. The number of phenolic OH excluding ortho intramolecular Hbond substituents is 2. The first-order chi connectivity index (χ1) is 55.7. The molecule has 620 valence electrons. The molecule has 2 aromatic carbocycles. The summed E-state index contributed by atoms with van der Waals surface area (Å²) in [6.07, 6.45) is 9.41. The number of esters is 4. The molecule has 38 heteroatoms. The fourth-order valence-electron chi connectivity index (χ4n) is 15.8. The third-order valence-corrected chi connectivity index (χ3v) is 22.3. The number of carbonyl (C=O) groups is 18. The van der Waals surface area contributed by atoms with Crippen LogP contribution in [0.1, 0.15) is 135 Å². The fourth-order valence-corrected chi connectivity index (χ4v) is 15.8. The summed E-state index contributed by atoms with van der Waals surface area (Å²) in [5.74, 6) is -14.5. The lowest BCUT2D eigenvalue weighted by molar-refractivity contribution is -0.160. The number of ether oxygens (including phenoxy) is 8. The highest BCUT2D eigenvalue weighted by Gasteiger charge is 2.44. The van der Waals surface area contributed by atoms with Crippen LogP contribution in [0.15, 0.2) is 72.9 Å². The van der Waals surface area contributed by atoms with E-state index in [-0.39, 0.29) is 75.5 Å². The summed E-state index contributed by atoms with van der Waals surface area (Å²) < 4.78 is 43.4. The number of imide groups is 4. The smallest absolute Gasteiger partial charge is 0.417 e. The lowest BCUT2D eigenvalue weighted by Gasteiger charge is -2.33. The van der Waals surface area contributed by atoms with Gasteiger partial charge in [0.25, 0.3) is 47.3 Å². The van der Waals surface area contributed by atoms with Gasteiger partial charge in [-0.3, -0.25) is 96.5 Å². The third-order valence-electron chi connectivity index (χ3n) is 22.3. The molecule has 12 amide bonds. The fraction of sp³-hybridized carbons (Fsp3) is 0.513. The van der Waals surface area contributed by atoms with E-state index in [0.29, 0.717) is 86.8 Å². The maximum Gasteiger partial charge on any atom is 0.417 e. The van der Waals surface area contributed by atoms with E-state index in [0.717, 1.165) is 78.0 Å². The van der Waals surface area contributed by atoms with Crippen LogP contribution in [-0.4, -0.2) is 263 Å². The molecule has 0 unspecified atom stereocenters. The third kappa shape index (κ3) is 20.3. The Balaban J connectivity index is 0.846. The Bertz CT molecular complexity index is 4020. The zero-order valence-electron chi connectivity index (χ0n) is 63.2. The van der Waals surface area contributed by atoms with E-state index in [1.165, 1.54) is 24.3 Å². The number of phenols is 2. The van der Waals surface area contributed by atoms with Crippen LogP contribution >= 0.6 is 0 Å². The normalized spacial score (nSPS) is 22.2. The molecule has 116 heavy (non-hydrogen) atoms. The molecule has 0 atom stereocenters. The van der Waals surface area contributed by atoms with Crippen LogP contribution in [0.3, 0.4) is 0 Å². The first-order valence-corrected chi connectivity index (χ1v) is 38.3. The van der Waals surface area contributed by atoms with E-state index < -0.39 is 256 Å². The van der Waals surface area contributed by atoms with Gasteiger partial charge in [0.05, 0.1) is 70.5 Å². The number of benzene rings is 2. The molecule has 4 fully saturated rings. The van der Waals surface area contributed by atoms with Gasteiger partial charge in [0.1, 0.15) is 11.5 Å². The van der Waals surface area contributed by atoms with Gasteiger partial charge in [-0.1, -0.05) is 0 Å². The van der Waals surface area contributed by atoms with Crippen molar-refractivity contribution in [3.05, 3.63) is 95.1 Å². The molecule has 4 N–H and O–H groups in total. The first-order valence-electron chi connectivity index (χ1n) is 38.3. The van der Waals surface area contributed by atoms with Crippen molar-refractivity contribution >= 4 is 118 Å². The standard InChI is InChI=1S/C78H88N8O30/c87-35-33-79(75(105)113-41-109-71(101)49-9-1-45(2-10-49)37-83-57(91)21-22-58(83)92)29-31-81(77(107)115-43-111-73(103)51-13-5-47(6-14-51)39-85-61(95)25-26-62(85)96)53-17-18-54(66-65(53)69(99)67-55(89)19-20-56(90)68(67)70(66)100)82(78(108)116-44-112-74(104)52-15-7-48(8-16-52)40-86-63(97)27-28-64(86)98)32-30-80(34-36-88)76(106)114-42-110-72(102)50-11-3-46(4-12-50)38-84-59(93)23-24-60(84)94/h17-28,45-52,87-90H,1-16,29-44H2. The minimum absolute atomic E-state index is 0.0963. The molecule has 0 bridgehead atoms. The molecule has 4 heterocycles. The predicted molar refractivity (Wildman–Crippen MR) is 390 cm³/mol. The Morgan fingerprint density at radius 1 is 0.302 bits per heavy atom. The summed E-state index contributed by atoms with van der Waals surface area (Å²) in [5, 5.41) is 43.5. The average molecular weight is 1620 g/mol. The van der Waals surface area contributed by atoms with Gasteiger partial charge in [-0.15, -0.1) is 0 Å². The number of ketones is 2. The van der Waals surface area contributed by atoms with Crippen molar-refractivity contribution in [1.82, 2.24) is 29.4 Å².